The zero-order valence-corrected chi connectivity index (χ0v) is 17.7. The maximum atomic E-state index is 11.8. The number of aldehydes is 1. The van der Waals surface area contributed by atoms with Gasteiger partial charge in [-0.3, -0.25) is 9.59 Å². The number of amides is 2. The number of hydroxylamine groups is 2. The normalized spacial score (nSPS) is 11.1. The Hall–Kier alpha value is -2.65. The van der Waals surface area contributed by atoms with Gasteiger partial charge in [-0.05, 0) is 27.2 Å². The fourth-order valence-electron chi connectivity index (χ4n) is 1.73. The van der Waals surface area contributed by atoms with Crippen molar-refractivity contribution in [3.8, 4) is 0 Å². The first-order valence-electron chi connectivity index (χ1n) is 8.98. The van der Waals surface area contributed by atoms with Gasteiger partial charge in [0.15, 0.2) is 0 Å². The number of nitrogens with zero attached hydrogens (tertiary/aromatic N) is 1. The Morgan fingerprint density at radius 2 is 1.68 bits per heavy atom. The van der Waals surface area contributed by atoms with Gasteiger partial charge in [-0.25, -0.2) is 9.59 Å². The number of ether oxygens (including phenoxy) is 2. The fourth-order valence-corrected chi connectivity index (χ4v) is 1.73. The van der Waals surface area contributed by atoms with Crippen LogP contribution in [-0.4, -0.2) is 61.1 Å². The van der Waals surface area contributed by atoms with Crippen molar-refractivity contribution in [1.82, 2.24) is 10.4 Å². The first-order valence-corrected chi connectivity index (χ1v) is 8.98. The van der Waals surface area contributed by atoms with E-state index >= 15 is 0 Å². The Bertz CT molecular complexity index is 528. The van der Waals surface area contributed by atoms with Crippen LogP contribution in [0.2, 0.25) is 0 Å². The van der Waals surface area contributed by atoms with Gasteiger partial charge in [0.1, 0.15) is 17.9 Å². The Balaban J connectivity index is 0. The molecule has 0 aliphatic heterocycles. The standard InChI is InChI=1S/C16H26N2O8.C2H6/c1-16(2,3)25-13(21)9-8-11(14(22)24-5)17-15(23)26-18(4)12(20)7-6-10-19;1-2/h10-11H,6-9H2,1-5H3,(H,17,23);1-2H3. The first kappa shape index (κ1) is 27.6. The molecule has 0 radical (unpaired) electrons. The summed E-state index contributed by atoms with van der Waals surface area (Å²) in [7, 11) is 2.32. The Kier molecular flexibility index (Phi) is 14.2. The van der Waals surface area contributed by atoms with Crippen molar-refractivity contribution < 1.29 is 38.3 Å². The number of nitrogens with one attached hydrogen (secondary N) is 1. The van der Waals surface area contributed by atoms with Crippen molar-refractivity contribution in [3.05, 3.63) is 0 Å². The molecule has 10 heteroatoms. The maximum Gasteiger partial charge on any atom is 0.432 e. The van der Waals surface area contributed by atoms with Crippen LogP contribution in [0.4, 0.5) is 4.79 Å². The number of carbonyl (C=O) groups excluding carboxylic acids is 5. The predicted octanol–water partition coefficient (Wildman–Crippen LogP) is 1.75. The van der Waals surface area contributed by atoms with E-state index in [2.05, 4.69) is 10.1 Å². The zero-order chi connectivity index (χ0) is 22.3. The van der Waals surface area contributed by atoms with Gasteiger partial charge in [0.2, 0.25) is 0 Å². The molecular weight excluding hydrogens is 372 g/mol. The van der Waals surface area contributed by atoms with E-state index in [4.69, 9.17) is 9.57 Å². The number of hydrogen-bond acceptors (Lipinski definition) is 8. The summed E-state index contributed by atoms with van der Waals surface area (Å²) in [6.45, 7) is 9.11. The number of hydrogen-bond donors (Lipinski definition) is 1. The predicted molar refractivity (Wildman–Crippen MR) is 99.9 cm³/mol. The van der Waals surface area contributed by atoms with Crippen LogP contribution >= 0.6 is 0 Å². The van der Waals surface area contributed by atoms with Gasteiger partial charge in [-0.15, -0.1) is 0 Å². The molecule has 0 spiro atoms. The van der Waals surface area contributed by atoms with E-state index in [1.807, 2.05) is 13.8 Å². The lowest BCUT2D eigenvalue weighted by Gasteiger charge is -2.21. The highest BCUT2D eigenvalue weighted by Crippen LogP contribution is 2.10. The molecule has 0 aromatic carbocycles. The van der Waals surface area contributed by atoms with E-state index in [-0.39, 0.29) is 25.7 Å². The summed E-state index contributed by atoms with van der Waals surface area (Å²) in [5.74, 6) is -1.90. The summed E-state index contributed by atoms with van der Waals surface area (Å²) in [4.78, 5) is 61.8. The molecule has 1 atom stereocenters. The second-order valence-corrected chi connectivity index (χ2v) is 6.32. The van der Waals surface area contributed by atoms with Gasteiger partial charge in [0, 0.05) is 26.3 Å². The molecule has 0 aromatic rings. The van der Waals surface area contributed by atoms with E-state index in [1.54, 1.807) is 20.8 Å². The van der Waals surface area contributed by atoms with Crippen LogP contribution in [0, 0.1) is 0 Å². The van der Waals surface area contributed by atoms with Crippen LogP contribution in [0.15, 0.2) is 0 Å². The monoisotopic (exact) mass is 404 g/mol. The molecule has 1 unspecified atom stereocenters. The van der Waals surface area contributed by atoms with E-state index < -0.39 is 35.6 Å². The lowest BCUT2D eigenvalue weighted by molar-refractivity contribution is -0.160. The largest absolute Gasteiger partial charge is 0.467 e. The highest BCUT2D eigenvalue weighted by molar-refractivity contribution is 5.83. The van der Waals surface area contributed by atoms with Crippen molar-refractivity contribution in [1.29, 1.82) is 0 Å². The molecule has 0 saturated heterocycles. The van der Waals surface area contributed by atoms with Crippen molar-refractivity contribution in [2.45, 2.75) is 71.9 Å². The van der Waals surface area contributed by atoms with Crippen molar-refractivity contribution in [2.24, 2.45) is 0 Å². The molecule has 1 N–H and O–H groups in total. The molecular formula is C18H32N2O8. The van der Waals surface area contributed by atoms with E-state index in [1.165, 1.54) is 7.05 Å². The van der Waals surface area contributed by atoms with Gasteiger partial charge in [-0.2, -0.15) is 5.06 Å². The number of carbonyl (C=O) groups is 5. The number of rotatable bonds is 8. The summed E-state index contributed by atoms with van der Waals surface area (Å²) in [6, 6.07) is -1.15. The number of esters is 2. The van der Waals surface area contributed by atoms with Crippen LogP contribution in [0.1, 0.15) is 60.3 Å². The minimum absolute atomic E-state index is 0.00513. The topological polar surface area (TPSA) is 128 Å². The third kappa shape index (κ3) is 13.5. The van der Waals surface area contributed by atoms with Gasteiger partial charge in [0.05, 0.1) is 7.11 Å². The van der Waals surface area contributed by atoms with Crippen molar-refractivity contribution in [2.75, 3.05) is 14.2 Å². The van der Waals surface area contributed by atoms with E-state index in [9.17, 15) is 24.0 Å². The molecule has 162 valence electrons. The van der Waals surface area contributed by atoms with Crippen LogP contribution in [-0.2, 0) is 33.5 Å². The molecule has 0 bridgehead atoms. The quantitative estimate of drug-likeness (QED) is 0.368. The average Bonchev–Trinajstić information content (AvgIpc) is 2.62. The van der Waals surface area contributed by atoms with Crippen molar-refractivity contribution in [3.63, 3.8) is 0 Å². The lowest BCUT2D eigenvalue weighted by atomic mass is 10.1. The molecule has 0 aromatic heterocycles. The highest BCUT2D eigenvalue weighted by atomic mass is 16.7. The van der Waals surface area contributed by atoms with E-state index in [0.717, 1.165) is 7.11 Å². The summed E-state index contributed by atoms with van der Waals surface area (Å²) in [5, 5.41) is 2.87. The Morgan fingerprint density at radius 3 is 2.14 bits per heavy atom. The highest BCUT2D eigenvalue weighted by Gasteiger charge is 2.26. The molecule has 0 fully saturated rings. The van der Waals surface area contributed by atoms with Crippen LogP contribution in [0.5, 0.6) is 0 Å². The Labute approximate surface area is 165 Å². The smallest absolute Gasteiger partial charge is 0.432 e. The van der Waals surface area contributed by atoms with Crippen molar-refractivity contribution >= 4 is 30.2 Å². The Morgan fingerprint density at radius 1 is 1.11 bits per heavy atom. The lowest BCUT2D eigenvalue weighted by Crippen LogP contribution is -2.44. The second kappa shape index (κ2) is 14.4. The molecule has 0 rings (SSSR count). The average molecular weight is 404 g/mol. The van der Waals surface area contributed by atoms with Gasteiger partial charge in [0.25, 0.3) is 5.91 Å². The second-order valence-electron chi connectivity index (χ2n) is 6.32. The van der Waals surface area contributed by atoms with Crippen LogP contribution in [0.25, 0.3) is 0 Å². The molecule has 0 saturated carbocycles. The molecule has 28 heavy (non-hydrogen) atoms. The minimum atomic E-state index is -1.15. The molecule has 0 aliphatic carbocycles. The first-order chi connectivity index (χ1) is 13.0. The zero-order valence-electron chi connectivity index (χ0n) is 17.7. The summed E-state index contributed by atoms with van der Waals surface area (Å²) >= 11 is 0. The molecule has 0 heterocycles. The molecule has 2 amide bonds. The summed E-state index contributed by atoms with van der Waals surface area (Å²) in [6.07, 6.45) is -0.839. The third-order valence-corrected chi connectivity index (χ3v) is 2.88. The van der Waals surface area contributed by atoms with Crippen LogP contribution in [0.3, 0.4) is 0 Å². The third-order valence-electron chi connectivity index (χ3n) is 2.88. The summed E-state index contributed by atoms with van der Waals surface area (Å²) in [5.41, 5.74) is -0.672. The fraction of sp³-hybridized carbons (Fsp3) is 0.722. The molecule has 0 aliphatic rings. The van der Waals surface area contributed by atoms with Crippen LogP contribution < -0.4 is 5.32 Å². The van der Waals surface area contributed by atoms with E-state index in [0.29, 0.717) is 11.3 Å². The summed E-state index contributed by atoms with van der Waals surface area (Å²) < 4.78 is 9.69. The maximum absolute atomic E-state index is 11.8. The van der Waals surface area contributed by atoms with Gasteiger partial charge >= 0.3 is 18.0 Å². The molecule has 10 nitrogen and oxygen atoms in total. The van der Waals surface area contributed by atoms with Gasteiger partial charge < -0.3 is 24.4 Å². The SMILES string of the molecule is CC.COC(=O)C(CCC(=O)OC(C)(C)C)NC(=O)ON(C)C(=O)CCC=O. The van der Waals surface area contributed by atoms with Gasteiger partial charge in [-0.1, -0.05) is 13.8 Å². The minimum Gasteiger partial charge on any atom is -0.467 e. The number of methoxy groups -OCH3 is 1.